The first kappa shape index (κ1) is 23.0. The van der Waals surface area contributed by atoms with Crippen LogP contribution in [0.2, 0.25) is 5.02 Å². The molecule has 0 N–H and O–H groups in total. The molecule has 4 aliphatic carbocycles. The molecule has 6 nitrogen and oxygen atoms in total. The maximum absolute atomic E-state index is 14.4. The molecular formula is C26H34ClN3O3S. The smallest absolute Gasteiger partial charge is 0.235 e. The molecule has 184 valence electrons. The minimum atomic E-state index is -0.195. The van der Waals surface area contributed by atoms with Gasteiger partial charge in [-0.2, -0.15) is 0 Å². The molecule has 4 bridgehead atoms. The third-order valence-corrected chi connectivity index (χ3v) is 10.1. The summed E-state index contributed by atoms with van der Waals surface area (Å²) < 4.78 is 12.0. The van der Waals surface area contributed by atoms with Gasteiger partial charge in [0.1, 0.15) is 11.3 Å². The van der Waals surface area contributed by atoms with Gasteiger partial charge in [0.25, 0.3) is 0 Å². The topological polar surface area (TPSA) is 54.9 Å². The van der Waals surface area contributed by atoms with Crippen LogP contribution in [0.15, 0.2) is 12.1 Å². The Morgan fingerprint density at radius 2 is 1.88 bits per heavy atom. The Labute approximate surface area is 210 Å². The summed E-state index contributed by atoms with van der Waals surface area (Å²) in [4.78, 5) is 23.8. The molecule has 5 aliphatic rings. The summed E-state index contributed by atoms with van der Waals surface area (Å²) in [6, 6.07) is 3.71. The van der Waals surface area contributed by atoms with Crippen molar-refractivity contribution in [2.24, 2.45) is 23.2 Å². The average Bonchev–Trinajstić information content (AvgIpc) is 3.28. The van der Waals surface area contributed by atoms with Gasteiger partial charge in [-0.3, -0.25) is 14.6 Å². The van der Waals surface area contributed by atoms with Gasteiger partial charge in [-0.05, 0) is 74.8 Å². The van der Waals surface area contributed by atoms with Gasteiger partial charge >= 0.3 is 0 Å². The summed E-state index contributed by atoms with van der Waals surface area (Å²) in [6.07, 6.45) is 8.11. The lowest BCUT2D eigenvalue weighted by atomic mass is 9.49. The number of anilines is 1. The van der Waals surface area contributed by atoms with E-state index in [2.05, 4.69) is 4.90 Å². The maximum Gasteiger partial charge on any atom is 0.235 e. The van der Waals surface area contributed by atoms with Gasteiger partial charge in [0.2, 0.25) is 5.91 Å². The fourth-order valence-corrected chi connectivity index (χ4v) is 8.72. The Morgan fingerprint density at radius 1 is 1.21 bits per heavy atom. The predicted molar refractivity (Wildman–Crippen MR) is 136 cm³/mol. The van der Waals surface area contributed by atoms with E-state index in [0.717, 1.165) is 91.6 Å². The second kappa shape index (κ2) is 9.23. The van der Waals surface area contributed by atoms with Crippen LogP contribution in [-0.4, -0.2) is 62.3 Å². The zero-order valence-electron chi connectivity index (χ0n) is 19.9. The quantitative estimate of drug-likeness (QED) is 0.518. The monoisotopic (exact) mass is 503 g/mol. The van der Waals surface area contributed by atoms with Crippen LogP contribution in [0.4, 0.5) is 5.13 Å². The van der Waals surface area contributed by atoms with Gasteiger partial charge in [0.15, 0.2) is 5.13 Å². The molecule has 34 heavy (non-hydrogen) atoms. The van der Waals surface area contributed by atoms with E-state index in [9.17, 15) is 4.79 Å². The molecule has 8 heteroatoms. The number of morpholine rings is 1. The predicted octanol–water partition coefficient (Wildman–Crippen LogP) is 5.23. The number of benzene rings is 1. The molecule has 1 saturated heterocycles. The molecule has 2 aromatic rings. The summed E-state index contributed by atoms with van der Waals surface area (Å²) in [7, 11) is 1.66. The Bertz CT molecular complexity index is 1030. The van der Waals surface area contributed by atoms with Crippen molar-refractivity contribution in [2.75, 3.05) is 51.4 Å². The summed E-state index contributed by atoms with van der Waals surface area (Å²) in [5.74, 6) is 3.21. The highest BCUT2D eigenvalue weighted by molar-refractivity contribution is 7.23. The molecule has 1 amide bonds. The number of methoxy groups -OCH3 is 1. The molecule has 1 aromatic carbocycles. The molecule has 1 aliphatic heterocycles. The number of rotatable bonds is 7. The fraction of sp³-hybridized carbons (Fsp3) is 0.692. The van der Waals surface area contributed by atoms with Crippen LogP contribution in [-0.2, 0) is 9.53 Å². The second-order valence-electron chi connectivity index (χ2n) is 10.9. The highest BCUT2D eigenvalue weighted by atomic mass is 35.5. The molecule has 5 fully saturated rings. The van der Waals surface area contributed by atoms with Crippen LogP contribution < -0.4 is 9.64 Å². The Morgan fingerprint density at radius 3 is 2.53 bits per heavy atom. The third-order valence-electron chi connectivity index (χ3n) is 8.59. The minimum Gasteiger partial charge on any atom is -0.494 e. The van der Waals surface area contributed by atoms with Gasteiger partial charge in [0.05, 0.1) is 35.5 Å². The van der Waals surface area contributed by atoms with E-state index in [-0.39, 0.29) is 5.41 Å². The van der Waals surface area contributed by atoms with Crippen molar-refractivity contribution in [3.8, 4) is 5.75 Å². The average molecular weight is 504 g/mol. The SMILES string of the molecule is COc1ccc(Cl)c2sc(N(CCCN3CCOCC3)C(=O)C34CC5CC(CC(C5)C3)C4)nc12. The van der Waals surface area contributed by atoms with E-state index in [1.54, 1.807) is 7.11 Å². The normalized spacial score (nSPS) is 30.7. The van der Waals surface area contributed by atoms with Crippen LogP contribution in [0.25, 0.3) is 10.2 Å². The highest BCUT2D eigenvalue weighted by Crippen LogP contribution is 2.61. The van der Waals surface area contributed by atoms with Crippen molar-refractivity contribution in [3.05, 3.63) is 17.2 Å². The number of fused-ring (bicyclic) bond motifs is 1. The summed E-state index contributed by atoms with van der Waals surface area (Å²) in [5, 5.41) is 1.43. The second-order valence-corrected chi connectivity index (χ2v) is 12.3. The molecule has 2 heterocycles. The van der Waals surface area contributed by atoms with E-state index in [1.165, 1.54) is 30.6 Å². The van der Waals surface area contributed by atoms with Crippen LogP contribution in [0, 0.1) is 23.2 Å². The first-order valence-corrected chi connectivity index (χ1v) is 14.0. The number of hydrogen-bond acceptors (Lipinski definition) is 6. The lowest BCUT2D eigenvalue weighted by Gasteiger charge is -2.56. The molecule has 0 spiro atoms. The van der Waals surface area contributed by atoms with Gasteiger partial charge < -0.3 is 9.47 Å². The number of aromatic nitrogens is 1. The van der Waals surface area contributed by atoms with Crippen molar-refractivity contribution < 1.29 is 14.3 Å². The molecule has 4 saturated carbocycles. The van der Waals surface area contributed by atoms with Gasteiger partial charge in [-0.1, -0.05) is 22.9 Å². The summed E-state index contributed by atoms with van der Waals surface area (Å²) in [6.45, 7) is 5.20. The number of halogens is 1. The lowest BCUT2D eigenvalue weighted by molar-refractivity contribution is -0.143. The van der Waals surface area contributed by atoms with Gasteiger partial charge in [-0.25, -0.2) is 4.98 Å². The van der Waals surface area contributed by atoms with E-state index in [1.807, 2.05) is 17.0 Å². The van der Waals surface area contributed by atoms with Crippen molar-refractivity contribution in [1.29, 1.82) is 0 Å². The zero-order valence-corrected chi connectivity index (χ0v) is 21.5. The summed E-state index contributed by atoms with van der Waals surface area (Å²) in [5.41, 5.74) is 0.561. The number of amides is 1. The van der Waals surface area contributed by atoms with E-state index in [0.29, 0.717) is 23.2 Å². The zero-order chi connectivity index (χ0) is 23.3. The molecule has 0 radical (unpaired) electrons. The maximum atomic E-state index is 14.4. The van der Waals surface area contributed by atoms with Crippen molar-refractivity contribution in [2.45, 2.75) is 44.9 Å². The molecule has 0 unspecified atom stereocenters. The number of carbonyl (C=O) groups is 1. The number of carbonyl (C=O) groups excluding carboxylic acids is 1. The Kier molecular flexibility index (Phi) is 6.25. The number of ether oxygens (including phenoxy) is 2. The van der Waals surface area contributed by atoms with Crippen LogP contribution in [0.1, 0.15) is 44.9 Å². The van der Waals surface area contributed by atoms with Crippen molar-refractivity contribution >= 4 is 44.2 Å². The number of hydrogen-bond donors (Lipinski definition) is 0. The first-order chi connectivity index (χ1) is 16.5. The van der Waals surface area contributed by atoms with Crippen LogP contribution in [0.5, 0.6) is 5.75 Å². The third kappa shape index (κ3) is 4.12. The van der Waals surface area contributed by atoms with Gasteiger partial charge in [-0.15, -0.1) is 0 Å². The molecule has 1 aromatic heterocycles. The summed E-state index contributed by atoms with van der Waals surface area (Å²) >= 11 is 8.07. The first-order valence-electron chi connectivity index (χ1n) is 12.8. The lowest BCUT2D eigenvalue weighted by Crippen LogP contribution is -2.55. The fourth-order valence-electron chi connectivity index (χ4n) is 7.44. The molecular weight excluding hydrogens is 470 g/mol. The van der Waals surface area contributed by atoms with E-state index >= 15 is 0 Å². The minimum absolute atomic E-state index is 0.195. The number of nitrogens with zero attached hydrogens (tertiary/aromatic N) is 3. The van der Waals surface area contributed by atoms with Crippen molar-refractivity contribution in [1.82, 2.24) is 9.88 Å². The number of thiazole rings is 1. The van der Waals surface area contributed by atoms with Crippen molar-refractivity contribution in [3.63, 3.8) is 0 Å². The van der Waals surface area contributed by atoms with Crippen LogP contribution in [0.3, 0.4) is 0 Å². The molecule has 0 atom stereocenters. The van der Waals surface area contributed by atoms with Crippen LogP contribution >= 0.6 is 22.9 Å². The largest absolute Gasteiger partial charge is 0.494 e. The molecule has 7 rings (SSSR count). The highest BCUT2D eigenvalue weighted by Gasteiger charge is 2.56. The standard InChI is InChI=1S/C26H34ClN3O3S/c1-32-21-4-3-20(27)23-22(21)28-25(34-23)30(6-2-5-29-7-9-33-10-8-29)24(31)26-14-17-11-18(15-26)13-19(12-17)16-26/h3-4,17-19H,2,5-16H2,1H3. The Balaban J connectivity index is 1.31. The Hall–Kier alpha value is -1.41. The van der Waals surface area contributed by atoms with E-state index < -0.39 is 0 Å². The van der Waals surface area contributed by atoms with E-state index in [4.69, 9.17) is 26.1 Å². The van der Waals surface area contributed by atoms with Gasteiger partial charge in [0, 0.05) is 26.2 Å².